The summed E-state index contributed by atoms with van der Waals surface area (Å²) >= 11 is 0. The lowest BCUT2D eigenvalue weighted by atomic mass is 10.1. The standard InChI is InChI=1S/C22H22N4O4/c1-16(17-5-3-2-4-6-17)24-22(27)19(15-23)13-18-14-20(26(28)29)7-8-21(18)25-9-11-30-12-10-25/h2-8,13-14,16H,9-12H2,1H3,(H,24,27)/b19-13+/t16-/m1/s1. The van der Waals surface area contributed by atoms with E-state index in [-0.39, 0.29) is 17.3 Å². The second-order valence-electron chi connectivity index (χ2n) is 6.88. The van der Waals surface area contributed by atoms with E-state index in [2.05, 4.69) is 5.32 Å². The van der Waals surface area contributed by atoms with Crippen molar-refractivity contribution in [2.24, 2.45) is 0 Å². The molecule has 1 aliphatic rings. The van der Waals surface area contributed by atoms with Crippen LogP contribution in [0, 0.1) is 21.4 Å². The van der Waals surface area contributed by atoms with E-state index >= 15 is 0 Å². The summed E-state index contributed by atoms with van der Waals surface area (Å²) in [5.41, 5.74) is 1.86. The molecule has 154 valence electrons. The highest BCUT2D eigenvalue weighted by molar-refractivity contribution is 6.02. The minimum absolute atomic E-state index is 0.103. The zero-order chi connectivity index (χ0) is 21.5. The fourth-order valence-electron chi connectivity index (χ4n) is 3.27. The van der Waals surface area contributed by atoms with Crippen molar-refractivity contribution in [1.82, 2.24) is 5.32 Å². The molecule has 8 heteroatoms. The Morgan fingerprint density at radius 2 is 1.97 bits per heavy atom. The van der Waals surface area contributed by atoms with Gasteiger partial charge in [0.05, 0.1) is 24.2 Å². The molecule has 2 aromatic rings. The molecular weight excluding hydrogens is 384 g/mol. The second-order valence-corrected chi connectivity index (χ2v) is 6.88. The van der Waals surface area contributed by atoms with Crippen LogP contribution in [0.4, 0.5) is 11.4 Å². The summed E-state index contributed by atoms with van der Waals surface area (Å²) in [5, 5.41) is 23.6. The molecule has 1 heterocycles. The van der Waals surface area contributed by atoms with E-state index in [0.29, 0.717) is 31.9 Å². The number of nitro benzene ring substituents is 1. The highest BCUT2D eigenvalue weighted by Gasteiger charge is 2.19. The van der Waals surface area contributed by atoms with Gasteiger partial charge < -0.3 is 15.0 Å². The Balaban J connectivity index is 1.91. The van der Waals surface area contributed by atoms with Crippen molar-refractivity contribution in [1.29, 1.82) is 5.26 Å². The predicted molar refractivity (Wildman–Crippen MR) is 113 cm³/mol. The van der Waals surface area contributed by atoms with Crippen molar-refractivity contribution in [2.75, 3.05) is 31.2 Å². The third-order valence-corrected chi connectivity index (χ3v) is 4.89. The maximum atomic E-state index is 12.7. The Kier molecular flexibility index (Phi) is 6.78. The van der Waals surface area contributed by atoms with Crippen LogP contribution in [-0.4, -0.2) is 37.1 Å². The van der Waals surface area contributed by atoms with Gasteiger partial charge in [-0.25, -0.2) is 0 Å². The van der Waals surface area contributed by atoms with Crippen molar-refractivity contribution in [3.05, 3.63) is 75.3 Å². The molecule has 0 aromatic heterocycles. The zero-order valence-electron chi connectivity index (χ0n) is 16.6. The molecule has 1 fully saturated rings. The van der Waals surface area contributed by atoms with Gasteiger partial charge in [0.2, 0.25) is 0 Å². The van der Waals surface area contributed by atoms with Gasteiger partial charge in [-0.1, -0.05) is 30.3 Å². The third kappa shape index (κ3) is 5.01. The smallest absolute Gasteiger partial charge is 0.270 e. The average molecular weight is 406 g/mol. The van der Waals surface area contributed by atoms with Gasteiger partial charge in [0, 0.05) is 36.5 Å². The number of nitrogens with one attached hydrogen (secondary N) is 1. The summed E-state index contributed by atoms with van der Waals surface area (Å²) in [4.78, 5) is 25.5. The molecule has 0 aliphatic carbocycles. The fraction of sp³-hybridized carbons (Fsp3) is 0.273. The van der Waals surface area contributed by atoms with Crippen LogP contribution in [0.5, 0.6) is 0 Å². The van der Waals surface area contributed by atoms with E-state index in [0.717, 1.165) is 11.3 Å². The van der Waals surface area contributed by atoms with Crippen molar-refractivity contribution >= 4 is 23.4 Å². The number of nitrogens with zero attached hydrogens (tertiary/aromatic N) is 3. The number of non-ortho nitro benzene ring substituents is 1. The first-order valence-electron chi connectivity index (χ1n) is 9.58. The van der Waals surface area contributed by atoms with Crippen LogP contribution < -0.4 is 10.2 Å². The number of hydrogen-bond acceptors (Lipinski definition) is 6. The highest BCUT2D eigenvalue weighted by Crippen LogP contribution is 2.28. The van der Waals surface area contributed by atoms with Gasteiger partial charge in [-0.15, -0.1) is 0 Å². The third-order valence-electron chi connectivity index (χ3n) is 4.89. The Morgan fingerprint density at radius 1 is 1.27 bits per heavy atom. The minimum atomic E-state index is -0.534. The van der Waals surface area contributed by atoms with Crippen molar-refractivity contribution in [3.63, 3.8) is 0 Å². The molecule has 1 aliphatic heterocycles. The summed E-state index contributed by atoms with van der Waals surface area (Å²) in [6.45, 7) is 4.16. The molecular formula is C22H22N4O4. The fourth-order valence-corrected chi connectivity index (χ4v) is 3.27. The van der Waals surface area contributed by atoms with Gasteiger partial charge in [0.25, 0.3) is 11.6 Å². The molecule has 0 saturated carbocycles. The van der Waals surface area contributed by atoms with Crippen LogP contribution in [0.25, 0.3) is 6.08 Å². The van der Waals surface area contributed by atoms with Crippen molar-refractivity contribution in [2.45, 2.75) is 13.0 Å². The van der Waals surface area contributed by atoms with Crippen LogP contribution in [0.15, 0.2) is 54.1 Å². The topological polar surface area (TPSA) is 108 Å². The highest BCUT2D eigenvalue weighted by atomic mass is 16.6. The Morgan fingerprint density at radius 3 is 2.60 bits per heavy atom. The molecule has 0 bridgehead atoms. The van der Waals surface area contributed by atoms with Crippen molar-refractivity contribution in [3.8, 4) is 6.07 Å². The number of nitro groups is 1. The summed E-state index contributed by atoms with van der Waals surface area (Å²) < 4.78 is 5.37. The average Bonchev–Trinajstić information content (AvgIpc) is 2.78. The number of anilines is 1. The molecule has 1 atom stereocenters. The van der Waals surface area contributed by atoms with E-state index < -0.39 is 10.8 Å². The van der Waals surface area contributed by atoms with Gasteiger partial charge in [0.1, 0.15) is 11.6 Å². The van der Waals surface area contributed by atoms with Crippen LogP contribution in [0.1, 0.15) is 24.1 Å². The monoisotopic (exact) mass is 406 g/mol. The van der Waals surface area contributed by atoms with E-state index in [9.17, 15) is 20.2 Å². The number of benzene rings is 2. The number of rotatable bonds is 6. The predicted octanol–water partition coefficient (Wildman–Crippen LogP) is 3.22. The van der Waals surface area contributed by atoms with Gasteiger partial charge in [0.15, 0.2) is 0 Å². The normalized spacial score (nSPS) is 15.2. The summed E-state index contributed by atoms with van der Waals surface area (Å²) in [6.07, 6.45) is 1.41. The number of hydrogen-bond donors (Lipinski definition) is 1. The number of ether oxygens (including phenoxy) is 1. The number of amides is 1. The Hall–Kier alpha value is -3.70. The molecule has 3 rings (SSSR count). The molecule has 8 nitrogen and oxygen atoms in total. The number of carbonyl (C=O) groups excluding carboxylic acids is 1. The van der Waals surface area contributed by atoms with Gasteiger partial charge >= 0.3 is 0 Å². The van der Waals surface area contributed by atoms with E-state index in [1.165, 1.54) is 18.2 Å². The quantitative estimate of drug-likeness (QED) is 0.341. The first-order chi connectivity index (χ1) is 14.5. The number of carbonyl (C=O) groups is 1. The lowest BCUT2D eigenvalue weighted by Gasteiger charge is -2.30. The van der Waals surface area contributed by atoms with Crippen LogP contribution >= 0.6 is 0 Å². The zero-order valence-corrected chi connectivity index (χ0v) is 16.6. The van der Waals surface area contributed by atoms with Crippen LogP contribution in [0.2, 0.25) is 0 Å². The largest absolute Gasteiger partial charge is 0.378 e. The van der Waals surface area contributed by atoms with E-state index in [1.807, 2.05) is 48.2 Å². The Bertz CT molecular complexity index is 992. The summed E-state index contributed by atoms with van der Waals surface area (Å²) in [6, 6.07) is 15.5. The van der Waals surface area contributed by atoms with E-state index in [1.54, 1.807) is 6.07 Å². The minimum Gasteiger partial charge on any atom is -0.378 e. The second kappa shape index (κ2) is 9.67. The maximum absolute atomic E-state index is 12.7. The van der Waals surface area contributed by atoms with Crippen molar-refractivity contribution < 1.29 is 14.5 Å². The molecule has 2 aromatic carbocycles. The number of morpholine rings is 1. The van der Waals surface area contributed by atoms with Crippen LogP contribution in [-0.2, 0) is 9.53 Å². The molecule has 0 unspecified atom stereocenters. The van der Waals surface area contributed by atoms with Gasteiger partial charge in [-0.2, -0.15) is 5.26 Å². The number of nitriles is 1. The summed E-state index contributed by atoms with van der Waals surface area (Å²) in [7, 11) is 0. The molecule has 1 saturated heterocycles. The maximum Gasteiger partial charge on any atom is 0.270 e. The first-order valence-corrected chi connectivity index (χ1v) is 9.58. The lowest BCUT2D eigenvalue weighted by Crippen LogP contribution is -2.36. The van der Waals surface area contributed by atoms with Gasteiger partial charge in [-0.3, -0.25) is 14.9 Å². The lowest BCUT2D eigenvalue weighted by molar-refractivity contribution is -0.384. The SMILES string of the molecule is C[C@@H](NC(=O)/C(C#N)=C/c1cc([N+](=O)[O-])ccc1N1CCOCC1)c1ccccc1. The van der Waals surface area contributed by atoms with Gasteiger partial charge in [-0.05, 0) is 24.6 Å². The first kappa shape index (κ1) is 21.0. The molecule has 30 heavy (non-hydrogen) atoms. The molecule has 0 spiro atoms. The Labute approximate surface area is 174 Å². The molecule has 0 radical (unpaired) electrons. The molecule has 1 N–H and O–H groups in total. The van der Waals surface area contributed by atoms with E-state index in [4.69, 9.17) is 4.74 Å². The van der Waals surface area contributed by atoms with Crippen LogP contribution in [0.3, 0.4) is 0 Å². The molecule has 1 amide bonds. The summed E-state index contributed by atoms with van der Waals surface area (Å²) in [5.74, 6) is -0.534.